The van der Waals surface area contributed by atoms with Crippen LogP contribution in [-0.4, -0.2) is 67.9 Å². The van der Waals surface area contributed by atoms with Crippen molar-refractivity contribution in [3.8, 4) is 5.69 Å². The van der Waals surface area contributed by atoms with Gasteiger partial charge in [0.05, 0.1) is 12.5 Å². The maximum atomic E-state index is 13.1. The molecule has 8 nitrogen and oxygen atoms in total. The number of rotatable bonds is 5. The number of benzene rings is 1. The van der Waals surface area contributed by atoms with Crippen LogP contribution in [0.5, 0.6) is 0 Å². The van der Waals surface area contributed by atoms with Gasteiger partial charge in [-0.25, -0.2) is 4.98 Å². The van der Waals surface area contributed by atoms with E-state index in [1.54, 1.807) is 22.0 Å². The first-order chi connectivity index (χ1) is 13.5. The summed E-state index contributed by atoms with van der Waals surface area (Å²) in [7, 11) is 0. The zero-order valence-electron chi connectivity index (χ0n) is 15.8. The molecule has 1 atom stereocenters. The van der Waals surface area contributed by atoms with Crippen LogP contribution in [0, 0.1) is 0 Å². The highest BCUT2D eigenvalue weighted by Gasteiger charge is 2.28. The molecule has 1 aliphatic rings. The Morgan fingerprint density at radius 1 is 1.18 bits per heavy atom. The van der Waals surface area contributed by atoms with Crippen molar-refractivity contribution in [1.82, 2.24) is 19.4 Å². The summed E-state index contributed by atoms with van der Waals surface area (Å²) >= 11 is 0. The van der Waals surface area contributed by atoms with Gasteiger partial charge < -0.3 is 14.9 Å². The average Bonchev–Trinajstić information content (AvgIpc) is 3.04. The number of aromatic nitrogens is 2. The summed E-state index contributed by atoms with van der Waals surface area (Å²) in [6, 6.07) is 9.36. The molecule has 0 bridgehead atoms. The van der Waals surface area contributed by atoms with Crippen molar-refractivity contribution in [3.63, 3.8) is 0 Å². The van der Waals surface area contributed by atoms with E-state index in [1.165, 1.54) is 11.8 Å². The fourth-order valence-electron chi connectivity index (χ4n) is 3.65. The van der Waals surface area contributed by atoms with E-state index in [-0.39, 0.29) is 24.4 Å². The molecule has 0 spiro atoms. The van der Waals surface area contributed by atoms with Crippen LogP contribution in [0.25, 0.3) is 5.69 Å². The monoisotopic (exact) mass is 384 g/mol. The Kier molecular flexibility index (Phi) is 6.08. The molecule has 2 amide bonds. The van der Waals surface area contributed by atoms with Crippen LogP contribution in [0.4, 0.5) is 0 Å². The highest BCUT2D eigenvalue weighted by Crippen LogP contribution is 2.20. The van der Waals surface area contributed by atoms with Gasteiger partial charge in [0.2, 0.25) is 5.91 Å². The van der Waals surface area contributed by atoms with Gasteiger partial charge >= 0.3 is 5.97 Å². The van der Waals surface area contributed by atoms with Crippen LogP contribution in [0.2, 0.25) is 0 Å². The second-order valence-electron chi connectivity index (χ2n) is 6.90. The standard InChI is InChI=1S/C20H24N4O4/c1-15(25)23(13-19(26)27)17-8-5-10-22(11-9-17)20(28)18-12-21-14-24(18)16-6-3-2-4-7-16/h2-4,6-7,12,14,17H,5,8-11,13H2,1H3,(H,26,27). The van der Waals surface area contributed by atoms with Crippen LogP contribution in [0.15, 0.2) is 42.9 Å². The van der Waals surface area contributed by atoms with E-state index in [9.17, 15) is 14.4 Å². The summed E-state index contributed by atoms with van der Waals surface area (Å²) in [5, 5.41) is 9.07. The van der Waals surface area contributed by atoms with Gasteiger partial charge in [0.1, 0.15) is 12.2 Å². The molecule has 1 saturated heterocycles. The molecule has 2 aromatic rings. The first-order valence-corrected chi connectivity index (χ1v) is 9.33. The van der Waals surface area contributed by atoms with E-state index in [1.807, 2.05) is 30.3 Å². The quantitative estimate of drug-likeness (QED) is 0.848. The van der Waals surface area contributed by atoms with E-state index in [2.05, 4.69) is 4.98 Å². The van der Waals surface area contributed by atoms with Crippen molar-refractivity contribution >= 4 is 17.8 Å². The molecule has 1 N–H and O–H groups in total. The fraction of sp³-hybridized carbons (Fsp3) is 0.400. The third-order valence-electron chi connectivity index (χ3n) is 5.03. The molecule has 3 rings (SSSR count). The van der Waals surface area contributed by atoms with Gasteiger partial charge in [-0.15, -0.1) is 0 Å². The molecular weight excluding hydrogens is 360 g/mol. The van der Waals surface area contributed by atoms with Crippen molar-refractivity contribution in [2.45, 2.75) is 32.2 Å². The highest BCUT2D eigenvalue weighted by atomic mass is 16.4. The number of hydrogen-bond donors (Lipinski definition) is 1. The number of aliphatic carboxylic acids is 1. The Labute approximate surface area is 163 Å². The molecule has 1 unspecified atom stereocenters. The number of nitrogens with zero attached hydrogens (tertiary/aromatic N) is 4. The second-order valence-corrected chi connectivity index (χ2v) is 6.90. The lowest BCUT2D eigenvalue weighted by Crippen LogP contribution is -2.43. The summed E-state index contributed by atoms with van der Waals surface area (Å²) in [6.07, 6.45) is 5.11. The van der Waals surface area contributed by atoms with Gasteiger partial charge in [-0.1, -0.05) is 18.2 Å². The molecule has 1 fully saturated rings. The average molecular weight is 384 g/mol. The first-order valence-electron chi connectivity index (χ1n) is 9.33. The summed E-state index contributed by atoms with van der Waals surface area (Å²) in [5.41, 5.74) is 1.35. The maximum Gasteiger partial charge on any atom is 0.323 e. The molecule has 28 heavy (non-hydrogen) atoms. The van der Waals surface area contributed by atoms with E-state index in [0.29, 0.717) is 38.0 Å². The lowest BCUT2D eigenvalue weighted by Gasteiger charge is -2.28. The number of likely N-dealkylation sites (tertiary alicyclic amines) is 1. The van der Waals surface area contributed by atoms with Gasteiger partial charge in [-0.2, -0.15) is 0 Å². The number of carbonyl (C=O) groups is 3. The van der Waals surface area contributed by atoms with Crippen LogP contribution in [0.1, 0.15) is 36.7 Å². The second kappa shape index (κ2) is 8.69. The SMILES string of the molecule is CC(=O)N(CC(=O)O)C1CCCN(C(=O)c2cncn2-c2ccccc2)CC1. The largest absolute Gasteiger partial charge is 0.480 e. The topological polar surface area (TPSA) is 95.7 Å². The smallest absolute Gasteiger partial charge is 0.323 e. The first kappa shape index (κ1) is 19.6. The summed E-state index contributed by atoms with van der Waals surface area (Å²) in [4.78, 5) is 43.3. The van der Waals surface area contributed by atoms with Gasteiger partial charge in [0, 0.05) is 31.7 Å². The Hall–Kier alpha value is -3.16. The van der Waals surface area contributed by atoms with E-state index in [0.717, 1.165) is 5.69 Å². The number of para-hydroxylation sites is 1. The third-order valence-corrected chi connectivity index (χ3v) is 5.03. The third kappa shape index (κ3) is 4.39. The maximum absolute atomic E-state index is 13.1. The molecule has 148 valence electrons. The molecule has 1 aliphatic heterocycles. The van der Waals surface area contributed by atoms with Gasteiger partial charge in [0.15, 0.2) is 0 Å². The molecule has 8 heteroatoms. The van der Waals surface area contributed by atoms with Crippen molar-refractivity contribution in [2.75, 3.05) is 19.6 Å². The number of carbonyl (C=O) groups excluding carboxylic acids is 2. The van der Waals surface area contributed by atoms with Crippen LogP contribution < -0.4 is 0 Å². The highest BCUT2D eigenvalue weighted by molar-refractivity contribution is 5.93. The Morgan fingerprint density at radius 2 is 1.93 bits per heavy atom. The Balaban J connectivity index is 1.73. The number of imidazole rings is 1. The Morgan fingerprint density at radius 3 is 2.61 bits per heavy atom. The number of carboxylic acids is 1. The van der Waals surface area contributed by atoms with E-state index < -0.39 is 5.97 Å². The van der Waals surface area contributed by atoms with Gasteiger partial charge in [0.25, 0.3) is 5.91 Å². The summed E-state index contributed by atoms with van der Waals surface area (Å²) in [6.45, 7) is 2.10. The molecule has 0 radical (unpaired) electrons. The minimum absolute atomic E-state index is 0.116. The van der Waals surface area contributed by atoms with Gasteiger partial charge in [-0.05, 0) is 31.4 Å². The normalized spacial score (nSPS) is 17.0. The molecular formula is C20H24N4O4. The fourth-order valence-corrected chi connectivity index (χ4v) is 3.65. The number of amides is 2. The van der Waals surface area contributed by atoms with E-state index in [4.69, 9.17) is 5.11 Å². The summed E-state index contributed by atoms with van der Waals surface area (Å²) in [5.74, 6) is -1.40. The minimum Gasteiger partial charge on any atom is -0.480 e. The van der Waals surface area contributed by atoms with Crippen molar-refractivity contribution < 1.29 is 19.5 Å². The number of hydrogen-bond acceptors (Lipinski definition) is 4. The van der Waals surface area contributed by atoms with Crippen molar-refractivity contribution in [1.29, 1.82) is 0 Å². The van der Waals surface area contributed by atoms with Crippen LogP contribution in [0.3, 0.4) is 0 Å². The van der Waals surface area contributed by atoms with Crippen molar-refractivity contribution in [3.05, 3.63) is 48.5 Å². The van der Waals surface area contributed by atoms with E-state index >= 15 is 0 Å². The molecule has 0 aliphatic carbocycles. The molecule has 1 aromatic heterocycles. The number of carboxylic acid groups (broad SMARTS) is 1. The lowest BCUT2D eigenvalue weighted by molar-refractivity contribution is -0.145. The molecule has 0 saturated carbocycles. The van der Waals surface area contributed by atoms with Crippen LogP contribution in [-0.2, 0) is 9.59 Å². The predicted molar refractivity (Wildman–Crippen MR) is 102 cm³/mol. The Bertz CT molecular complexity index is 849. The lowest BCUT2D eigenvalue weighted by atomic mass is 10.1. The molecule has 1 aromatic carbocycles. The van der Waals surface area contributed by atoms with Crippen LogP contribution >= 0.6 is 0 Å². The molecule has 2 heterocycles. The minimum atomic E-state index is -1.03. The zero-order valence-corrected chi connectivity index (χ0v) is 15.8. The summed E-state index contributed by atoms with van der Waals surface area (Å²) < 4.78 is 1.76. The zero-order chi connectivity index (χ0) is 20.1. The van der Waals surface area contributed by atoms with Gasteiger partial charge in [-0.3, -0.25) is 19.0 Å². The van der Waals surface area contributed by atoms with Crippen molar-refractivity contribution in [2.24, 2.45) is 0 Å². The predicted octanol–water partition coefficient (Wildman–Crippen LogP) is 1.80.